The van der Waals surface area contributed by atoms with E-state index in [0.717, 1.165) is 51.5 Å². The van der Waals surface area contributed by atoms with Crippen LogP contribution in [0.3, 0.4) is 0 Å². The lowest BCUT2D eigenvalue weighted by Gasteiger charge is -2.56. The van der Waals surface area contributed by atoms with Gasteiger partial charge in [-0.15, -0.1) is 0 Å². The molecule has 0 aromatic carbocycles. The molecule has 0 radical (unpaired) electrons. The van der Waals surface area contributed by atoms with Crippen molar-refractivity contribution in [2.45, 2.75) is 95.9 Å². The molecule has 4 rings (SSSR count). The first-order valence-electron chi connectivity index (χ1n) is 12.3. The average molecular weight is 436 g/mol. The third-order valence-corrected chi connectivity index (χ3v) is 8.06. The summed E-state index contributed by atoms with van der Waals surface area (Å²) < 4.78 is 5.46. The molecule has 1 aliphatic carbocycles. The van der Waals surface area contributed by atoms with Gasteiger partial charge in [-0.3, -0.25) is 19.8 Å². The van der Waals surface area contributed by atoms with Gasteiger partial charge < -0.3 is 20.7 Å². The maximum absolute atomic E-state index is 13.4. The molecule has 0 spiro atoms. The molecule has 31 heavy (non-hydrogen) atoms. The van der Waals surface area contributed by atoms with E-state index in [0.29, 0.717) is 25.0 Å². The standard InChI is InChI=1S/C23H41N5O3/c1-14(2)28-20(24)17(22(29)25-13-15-7-9-16(31-3)10-8-15)12-18-21(28)26-19-6-4-5-11-27(19)23(18)30/h14-21,26H,4-13,24H2,1-3H3,(H,25,29). The molecule has 1 saturated carbocycles. The number of methoxy groups -OCH3 is 1. The Morgan fingerprint density at radius 1 is 1.23 bits per heavy atom. The van der Waals surface area contributed by atoms with Crippen molar-refractivity contribution in [2.24, 2.45) is 23.5 Å². The fraction of sp³-hybridized carbons (Fsp3) is 0.913. The Bertz CT molecular complexity index is 651. The number of piperidine rings is 2. The first-order valence-corrected chi connectivity index (χ1v) is 12.3. The van der Waals surface area contributed by atoms with E-state index in [2.05, 4.69) is 29.4 Å². The molecule has 3 aliphatic heterocycles. The number of hydrogen-bond acceptors (Lipinski definition) is 6. The predicted molar refractivity (Wildman–Crippen MR) is 119 cm³/mol. The van der Waals surface area contributed by atoms with Gasteiger partial charge in [0.2, 0.25) is 11.8 Å². The third kappa shape index (κ3) is 4.63. The molecule has 5 unspecified atom stereocenters. The largest absolute Gasteiger partial charge is 0.381 e. The summed E-state index contributed by atoms with van der Waals surface area (Å²) >= 11 is 0. The second-order valence-corrected chi connectivity index (χ2v) is 10.3. The van der Waals surface area contributed by atoms with Gasteiger partial charge >= 0.3 is 0 Å². The fourth-order valence-corrected chi connectivity index (χ4v) is 6.24. The fourth-order valence-electron chi connectivity index (χ4n) is 6.24. The Labute approximate surface area is 186 Å². The van der Waals surface area contributed by atoms with E-state index >= 15 is 0 Å². The number of hydrogen-bond donors (Lipinski definition) is 3. The summed E-state index contributed by atoms with van der Waals surface area (Å²) in [6, 6.07) is 0.151. The number of amides is 2. The van der Waals surface area contributed by atoms with Crippen LogP contribution >= 0.6 is 0 Å². The Morgan fingerprint density at radius 2 is 1.97 bits per heavy atom. The molecular weight excluding hydrogens is 394 g/mol. The minimum absolute atomic E-state index is 0.000896. The topological polar surface area (TPSA) is 99.9 Å². The summed E-state index contributed by atoms with van der Waals surface area (Å²) in [5.41, 5.74) is 6.67. The van der Waals surface area contributed by atoms with Crippen LogP contribution in [0.2, 0.25) is 0 Å². The van der Waals surface area contributed by atoms with E-state index in [1.165, 1.54) is 0 Å². The molecule has 0 aromatic heterocycles. The van der Waals surface area contributed by atoms with Crippen LogP contribution in [0.15, 0.2) is 0 Å². The molecule has 3 saturated heterocycles. The van der Waals surface area contributed by atoms with Crippen LogP contribution in [-0.2, 0) is 14.3 Å². The van der Waals surface area contributed by atoms with E-state index < -0.39 is 0 Å². The van der Waals surface area contributed by atoms with Crippen LogP contribution in [0.5, 0.6) is 0 Å². The molecule has 5 atom stereocenters. The summed E-state index contributed by atoms with van der Waals surface area (Å²) in [5.74, 6) is 0.104. The third-order valence-electron chi connectivity index (χ3n) is 8.06. The molecule has 2 amide bonds. The lowest BCUT2D eigenvalue weighted by molar-refractivity contribution is -0.164. The minimum Gasteiger partial charge on any atom is -0.381 e. The number of likely N-dealkylation sites (tertiary alicyclic amines) is 1. The molecule has 0 bridgehead atoms. The van der Waals surface area contributed by atoms with E-state index in [4.69, 9.17) is 10.5 Å². The molecule has 4 fully saturated rings. The highest BCUT2D eigenvalue weighted by Gasteiger charge is 2.52. The zero-order valence-electron chi connectivity index (χ0n) is 19.4. The van der Waals surface area contributed by atoms with Crippen molar-refractivity contribution in [3.8, 4) is 0 Å². The number of rotatable bonds is 5. The predicted octanol–water partition coefficient (Wildman–Crippen LogP) is 1.21. The van der Waals surface area contributed by atoms with Crippen molar-refractivity contribution in [3.63, 3.8) is 0 Å². The highest BCUT2D eigenvalue weighted by molar-refractivity contribution is 5.84. The molecule has 0 aromatic rings. The van der Waals surface area contributed by atoms with E-state index in [1.54, 1.807) is 7.11 Å². The van der Waals surface area contributed by atoms with Crippen LogP contribution in [0.4, 0.5) is 0 Å². The lowest BCUT2D eigenvalue weighted by atomic mass is 9.79. The Balaban J connectivity index is 1.42. The Morgan fingerprint density at radius 3 is 2.65 bits per heavy atom. The highest BCUT2D eigenvalue weighted by atomic mass is 16.5. The average Bonchev–Trinajstić information content (AvgIpc) is 2.77. The number of fused-ring (bicyclic) bond motifs is 2. The van der Waals surface area contributed by atoms with Crippen molar-refractivity contribution in [2.75, 3.05) is 20.2 Å². The zero-order chi connectivity index (χ0) is 22.1. The number of nitrogens with zero attached hydrogens (tertiary/aromatic N) is 2. The van der Waals surface area contributed by atoms with E-state index in [9.17, 15) is 9.59 Å². The van der Waals surface area contributed by atoms with Gasteiger partial charge in [-0.1, -0.05) is 0 Å². The Hall–Kier alpha value is -1.22. The van der Waals surface area contributed by atoms with Gasteiger partial charge in [0, 0.05) is 26.2 Å². The number of nitrogens with one attached hydrogen (secondary N) is 2. The smallest absolute Gasteiger partial charge is 0.229 e. The van der Waals surface area contributed by atoms with Gasteiger partial charge in [0.05, 0.1) is 36.4 Å². The molecule has 8 nitrogen and oxygen atoms in total. The van der Waals surface area contributed by atoms with Crippen molar-refractivity contribution in [1.29, 1.82) is 0 Å². The summed E-state index contributed by atoms with van der Waals surface area (Å²) in [6.07, 6.45) is 7.97. The minimum atomic E-state index is -0.388. The summed E-state index contributed by atoms with van der Waals surface area (Å²) in [4.78, 5) is 30.8. The van der Waals surface area contributed by atoms with Crippen LogP contribution < -0.4 is 16.4 Å². The number of ether oxygens (including phenoxy) is 1. The molecule has 4 N–H and O–H groups in total. The van der Waals surface area contributed by atoms with Crippen molar-refractivity contribution in [1.82, 2.24) is 20.4 Å². The van der Waals surface area contributed by atoms with E-state index in [-0.39, 0.29) is 48.2 Å². The van der Waals surface area contributed by atoms with Crippen LogP contribution in [0.1, 0.15) is 65.2 Å². The lowest BCUT2D eigenvalue weighted by Crippen LogP contribution is -2.75. The quantitative estimate of drug-likeness (QED) is 0.600. The van der Waals surface area contributed by atoms with Crippen LogP contribution in [0, 0.1) is 17.8 Å². The maximum atomic E-state index is 13.4. The van der Waals surface area contributed by atoms with Crippen LogP contribution in [-0.4, -0.2) is 72.5 Å². The summed E-state index contributed by atoms with van der Waals surface area (Å²) in [5, 5.41) is 6.89. The van der Waals surface area contributed by atoms with Gasteiger partial charge in [-0.2, -0.15) is 0 Å². The van der Waals surface area contributed by atoms with Gasteiger partial charge in [0.1, 0.15) is 0 Å². The van der Waals surface area contributed by atoms with Crippen molar-refractivity contribution >= 4 is 11.8 Å². The number of carbonyl (C=O) groups is 2. The molecular formula is C23H41N5O3. The maximum Gasteiger partial charge on any atom is 0.229 e. The van der Waals surface area contributed by atoms with E-state index in [1.807, 2.05) is 4.90 Å². The number of nitrogens with two attached hydrogens (primary N) is 1. The zero-order valence-corrected chi connectivity index (χ0v) is 19.4. The SMILES string of the molecule is COC1CCC(CNC(=O)C2CC3C(=O)N4CCCCC4NC3N(C(C)C)C2N)CC1. The normalized spacial score (nSPS) is 39.2. The molecule has 8 heteroatoms. The molecule has 176 valence electrons. The van der Waals surface area contributed by atoms with Gasteiger partial charge in [-0.05, 0) is 71.1 Å². The second-order valence-electron chi connectivity index (χ2n) is 10.3. The highest BCUT2D eigenvalue weighted by Crippen LogP contribution is 2.37. The van der Waals surface area contributed by atoms with Gasteiger partial charge in [0.25, 0.3) is 0 Å². The molecule has 3 heterocycles. The summed E-state index contributed by atoms with van der Waals surface area (Å²) in [7, 11) is 1.78. The first kappa shape index (κ1) is 23.0. The first-order chi connectivity index (χ1) is 14.9. The van der Waals surface area contributed by atoms with Crippen LogP contribution in [0.25, 0.3) is 0 Å². The summed E-state index contributed by atoms with van der Waals surface area (Å²) in [6.45, 7) is 5.71. The van der Waals surface area contributed by atoms with Crippen molar-refractivity contribution in [3.05, 3.63) is 0 Å². The Kier molecular flexibility index (Phi) is 7.20. The second kappa shape index (κ2) is 9.73. The van der Waals surface area contributed by atoms with Gasteiger partial charge in [0.15, 0.2) is 0 Å². The van der Waals surface area contributed by atoms with Gasteiger partial charge in [-0.25, -0.2) is 0 Å². The number of carbonyl (C=O) groups excluding carboxylic acids is 2. The van der Waals surface area contributed by atoms with Crippen molar-refractivity contribution < 1.29 is 14.3 Å². The monoisotopic (exact) mass is 435 g/mol. The molecule has 4 aliphatic rings.